The molecule has 2 fully saturated rings. The highest BCUT2D eigenvalue weighted by Crippen LogP contribution is 2.33. The van der Waals surface area contributed by atoms with Gasteiger partial charge in [0.1, 0.15) is 0 Å². The second kappa shape index (κ2) is 9.16. The van der Waals surface area contributed by atoms with E-state index < -0.39 is 0 Å². The van der Waals surface area contributed by atoms with Crippen LogP contribution in [0.2, 0.25) is 0 Å². The first-order chi connectivity index (χ1) is 15.9. The molecule has 5 heterocycles. The maximum absolute atomic E-state index is 13.7. The van der Waals surface area contributed by atoms with Crippen molar-refractivity contribution in [1.82, 2.24) is 24.6 Å². The largest absolute Gasteiger partial charge is 0.377 e. The number of carbonyl (C=O) groups excluding carboxylic acids is 1. The summed E-state index contributed by atoms with van der Waals surface area (Å²) in [5.41, 5.74) is 3.45. The third-order valence-corrected chi connectivity index (χ3v) is 7.71. The van der Waals surface area contributed by atoms with Crippen LogP contribution in [0.3, 0.4) is 0 Å². The van der Waals surface area contributed by atoms with Gasteiger partial charge in [-0.2, -0.15) is 5.10 Å². The van der Waals surface area contributed by atoms with E-state index in [1.54, 1.807) is 17.5 Å². The topological polar surface area (TPSA) is 63.5 Å². The van der Waals surface area contributed by atoms with E-state index in [1.165, 1.54) is 9.75 Å². The van der Waals surface area contributed by atoms with Crippen LogP contribution in [-0.4, -0.2) is 75.9 Å². The molecule has 1 amide bonds. The molecule has 0 spiro atoms. The van der Waals surface area contributed by atoms with Crippen molar-refractivity contribution in [1.29, 1.82) is 0 Å². The normalized spacial score (nSPS) is 19.8. The van der Waals surface area contributed by atoms with Crippen molar-refractivity contribution >= 4 is 28.3 Å². The molecule has 2 aliphatic heterocycles. The van der Waals surface area contributed by atoms with Gasteiger partial charge in [0, 0.05) is 60.7 Å². The lowest BCUT2D eigenvalue weighted by Crippen LogP contribution is -2.50. The van der Waals surface area contributed by atoms with Gasteiger partial charge in [-0.05, 0) is 52.7 Å². The molecule has 2 saturated heterocycles. The molecular weight excluding hydrogens is 434 g/mol. The smallest absolute Gasteiger partial charge is 0.254 e. The predicted molar refractivity (Wildman–Crippen MR) is 132 cm³/mol. The number of amides is 1. The van der Waals surface area contributed by atoms with Crippen LogP contribution in [0.25, 0.3) is 22.3 Å². The second-order valence-corrected chi connectivity index (χ2v) is 11.0. The molecule has 3 aromatic heterocycles. The molecule has 7 nitrogen and oxygen atoms in total. The van der Waals surface area contributed by atoms with Gasteiger partial charge in [0.15, 0.2) is 5.65 Å². The molecule has 0 N–H and O–H groups in total. The second-order valence-electron chi connectivity index (χ2n) is 9.53. The van der Waals surface area contributed by atoms with Crippen LogP contribution in [0.5, 0.6) is 0 Å². The van der Waals surface area contributed by atoms with Gasteiger partial charge >= 0.3 is 0 Å². The van der Waals surface area contributed by atoms with Gasteiger partial charge in [0.25, 0.3) is 5.91 Å². The van der Waals surface area contributed by atoms with Crippen LogP contribution in [-0.2, 0) is 4.74 Å². The highest BCUT2D eigenvalue weighted by molar-refractivity contribution is 7.12. The maximum Gasteiger partial charge on any atom is 0.254 e. The summed E-state index contributed by atoms with van der Waals surface area (Å²) >= 11 is 1.76. The molecule has 3 aromatic rings. The Hall–Kier alpha value is -2.29. The minimum Gasteiger partial charge on any atom is -0.377 e. The van der Waals surface area contributed by atoms with Crippen molar-refractivity contribution in [3.8, 4) is 11.3 Å². The van der Waals surface area contributed by atoms with Crippen molar-refractivity contribution in [3.63, 3.8) is 0 Å². The zero-order valence-electron chi connectivity index (χ0n) is 20.0. The summed E-state index contributed by atoms with van der Waals surface area (Å²) in [6.07, 6.45) is 4.47. The molecule has 5 rings (SSSR count). The van der Waals surface area contributed by atoms with Crippen molar-refractivity contribution in [2.45, 2.75) is 52.7 Å². The molecule has 0 bridgehead atoms. The van der Waals surface area contributed by atoms with Crippen LogP contribution in [0, 0.1) is 13.8 Å². The fourth-order valence-corrected chi connectivity index (χ4v) is 5.91. The van der Waals surface area contributed by atoms with E-state index in [4.69, 9.17) is 9.72 Å². The molecule has 8 heteroatoms. The minimum absolute atomic E-state index is 0.0772. The third-order valence-electron chi connectivity index (χ3n) is 6.75. The highest BCUT2D eigenvalue weighted by atomic mass is 32.1. The number of piperazine rings is 1. The van der Waals surface area contributed by atoms with Gasteiger partial charge in [-0.15, -0.1) is 11.3 Å². The number of rotatable bonds is 5. The first kappa shape index (κ1) is 22.5. The lowest BCUT2D eigenvalue weighted by Gasteiger charge is -2.35. The van der Waals surface area contributed by atoms with E-state index in [2.05, 4.69) is 43.8 Å². The number of aromatic nitrogens is 3. The summed E-state index contributed by atoms with van der Waals surface area (Å²) in [5, 5.41) is 5.42. The monoisotopic (exact) mass is 467 g/mol. The zero-order valence-corrected chi connectivity index (χ0v) is 20.8. The molecule has 0 saturated carbocycles. The van der Waals surface area contributed by atoms with E-state index in [0.717, 1.165) is 74.5 Å². The number of ether oxygens (including phenoxy) is 1. The molecule has 1 unspecified atom stereocenters. The number of pyridine rings is 1. The molecule has 176 valence electrons. The summed E-state index contributed by atoms with van der Waals surface area (Å²) in [5.74, 6) is 0.0772. The summed E-state index contributed by atoms with van der Waals surface area (Å²) in [4.78, 5) is 25.6. The number of nitrogens with zero attached hydrogens (tertiary/aromatic N) is 5. The summed E-state index contributed by atoms with van der Waals surface area (Å²) in [6.45, 7) is 13.5. The molecule has 2 aliphatic rings. The third kappa shape index (κ3) is 4.44. The Morgan fingerprint density at radius 3 is 2.64 bits per heavy atom. The minimum atomic E-state index is 0.0772. The molecule has 1 atom stereocenters. The average molecular weight is 468 g/mol. The van der Waals surface area contributed by atoms with E-state index in [-0.39, 0.29) is 11.9 Å². The molecule has 0 radical (unpaired) electrons. The average Bonchev–Trinajstić information content (AvgIpc) is 3.53. The van der Waals surface area contributed by atoms with Gasteiger partial charge in [0.05, 0.1) is 28.9 Å². The van der Waals surface area contributed by atoms with Crippen molar-refractivity contribution in [2.24, 2.45) is 0 Å². The van der Waals surface area contributed by atoms with Gasteiger partial charge in [0.2, 0.25) is 0 Å². The molecule has 0 aliphatic carbocycles. The van der Waals surface area contributed by atoms with Crippen LogP contribution in [0.1, 0.15) is 52.8 Å². The zero-order chi connectivity index (χ0) is 23.1. The van der Waals surface area contributed by atoms with Crippen LogP contribution >= 0.6 is 11.3 Å². The highest BCUT2D eigenvalue weighted by Gasteiger charge is 2.28. The lowest BCUT2D eigenvalue weighted by molar-refractivity contribution is 0.0433. The Labute approximate surface area is 199 Å². The fraction of sp³-hybridized carbons (Fsp3) is 0.560. The van der Waals surface area contributed by atoms with Gasteiger partial charge in [-0.1, -0.05) is 0 Å². The SMILES string of the molecule is Cc1cc(-c2cc(C(=O)N3CCN(CC4CCCO4)CC3)c3cnn(C(C)C)c3n2)c(C)s1. The standard InChI is InChI=1S/C25H33N5O2S/c1-16(2)30-24-22(14-26-30)21(13-23(27-24)20-12-17(3)33-18(20)4)25(31)29-9-7-28(8-10-29)15-19-6-5-11-32-19/h12-14,16,19H,5-11,15H2,1-4H3. The van der Waals surface area contributed by atoms with Gasteiger partial charge in [-0.3, -0.25) is 9.69 Å². The quantitative estimate of drug-likeness (QED) is 0.560. The number of thiophene rings is 1. The van der Waals surface area contributed by atoms with Crippen LogP contribution < -0.4 is 0 Å². The Kier molecular flexibility index (Phi) is 6.24. The summed E-state index contributed by atoms with van der Waals surface area (Å²) in [6, 6.07) is 4.31. The van der Waals surface area contributed by atoms with E-state index in [9.17, 15) is 4.79 Å². The van der Waals surface area contributed by atoms with Crippen molar-refractivity contribution < 1.29 is 9.53 Å². The first-order valence-electron chi connectivity index (χ1n) is 12.0. The van der Waals surface area contributed by atoms with E-state index in [1.807, 2.05) is 15.6 Å². The van der Waals surface area contributed by atoms with E-state index >= 15 is 0 Å². The molecule has 33 heavy (non-hydrogen) atoms. The lowest BCUT2D eigenvalue weighted by atomic mass is 10.1. The number of fused-ring (bicyclic) bond motifs is 1. The Bertz CT molecular complexity index is 1150. The summed E-state index contributed by atoms with van der Waals surface area (Å²) < 4.78 is 7.72. The van der Waals surface area contributed by atoms with E-state index in [0.29, 0.717) is 11.7 Å². The van der Waals surface area contributed by atoms with Crippen LogP contribution in [0.4, 0.5) is 0 Å². The number of carbonyl (C=O) groups is 1. The van der Waals surface area contributed by atoms with Crippen molar-refractivity contribution in [3.05, 3.63) is 33.6 Å². The Morgan fingerprint density at radius 2 is 2.00 bits per heavy atom. The summed E-state index contributed by atoms with van der Waals surface area (Å²) in [7, 11) is 0. The maximum atomic E-state index is 13.7. The Balaban J connectivity index is 1.44. The van der Waals surface area contributed by atoms with Crippen LogP contribution in [0.15, 0.2) is 18.3 Å². The van der Waals surface area contributed by atoms with Crippen molar-refractivity contribution in [2.75, 3.05) is 39.3 Å². The first-order valence-corrected chi connectivity index (χ1v) is 12.8. The molecular formula is C25H33N5O2S. The van der Waals surface area contributed by atoms with Gasteiger partial charge < -0.3 is 9.64 Å². The number of hydrogen-bond donors (Lipinski definition) is 0. The number of hydrogen-bond acceptors (Lipinski definition) is 6. The predicted octanol–water partition coefficient (Wildman–Crippen LogP) is 4.29. The molecule has 0 aromatic carbocycles. The fourth-order valence-electron chi connectivity index (χ4n) is 4.98. The Morgan fingerprint density at radius 1 is 1.21 bits per heavy atom. The van der Waals surface area contributed by atoms with Gasteiger partial charge in [-0.25, -0.2) is 9.67 Å². The number of aryl methyl sites for hydroxylation is 2.